The van der Waals surface area contributed by atoms with Crippen molar-refractivity contribution in [1.29, 1.82) is 0 Å². The highest BCUT2D eigenvalue weighted by Gasteiger charge is 2.25. The lowest BCUT2D eigenvalue weighted by molar-refractivity contribution is -0.395. The SMILES string of the molecule is F.Nc1cc(SC2=NCCN2)c([N+](=O)[O-])cc1[N+](=O)[O-]. The number of amidine groups is 1. The zero-order valence-corrected chi connectivity index (χ0v) is 10.8. The van der Waals surface area contributed by atoms with E-state index in [1.54, 1.807) is 0 Å². The number of nitrogen functional groups attached to an aromatic ring is 1. The predicted molar refractivity (Wildman–Crippen MR) is 72.8 cm³/mol. The maximum atomic E-state index is 11.0. The van der Waals surface area contributed by atoms with E-state index in [9.17, 15) is 20.2 Å². The molecule has 0 amide bonds. The highest BCUT2D eigenvalue weighted by atomic mass is 32.2. The van der Waals surface area contributed by atoms with Crippen LogP contribution < -0.4 is 11.1 Å². The minimum Gasteiger partial charge on any atom is -0.393 e. The van der Waals surface area contributed by atoms with Crippen LogP contribution in [0.3, 0.4) is 0 Å². The molecule has 0 saturated heterocycles. The first-order valence-electron chi connectivity index (χ1n) is 5.17. The number of nitrogens with zero attached hydrogens (tertiary/aromatic N) is 3. The summed E-state index contributed by atoms with van der Waals surface area (Å²) in [4.78, 5) is 24.6. The molecule has 1 aromatic carbocycles. The number of nitrogens with two attached hydrogens (primary N) is 1. The quantitative estimate of drug-likeness (QED) is 0.487. The van der Waals surface area contributed by atoms with Gasteiger partial charge in [0, 0.05) is 6.54 Å². The smallest absolute Gasteiger partial charge is 0.299 e. The van der Waals surface area contributed by atoms with Crippen LogP contribution in [0.2, 0.25) is 0 Å². The van der Waals surface area contributed by atoms with Crippen LogP contribution in [0.5, 0.6) is 0 Å². The van der Waals surface area contributed by atoms with Crippen LogP contribution in [-0.4, -0.2) is 28.1 Å². The summed E-state index contributed by atoms with van der Waals surface area (Å²) in [5, 5.41) is 25.1. The molecule has 0 saturated carbocycles. The maximum absolute atomic E-state index is 11.0. The van der Waals surface area contributed by atoms with E-state index in [1.165, 1.54) is 6.07 Å². The van der Waals surface area contributed by atoms with Crippen molar-refractivity contribution in [2.75, 3.05) is 18.8 Å². The normalized spacial score (nSPS) is 13.1. The van der Waals surface area contributed by atoms with Gasteiger partial charge in [-0.15, -0.1) is 0 Å². The Morgan fingerprint density at radius 2 is 1.90 bits per heavy atom. The summed E-state index contributed by atoms with van der Waals surface area (Å²) >= 11 is 1.04. The summed E-state index contributed by atoms with van der Waals surface area (Å²) < 4.78 is 0. The third-order valence-corrected chi connectivity index (χ3v) is 3.37. The van der Waals surface area contributed by atoms with Crippen molar-refractivity contribution in [3.63, 3.8) is 0 Å². The Balaban J connectivity index is 0.00000200. The largest absolute Gasteiger partial charge is 0.393 e. The molecule has 1 aromatic rings. The van der Waals surface area contributed by atoms with E-state index in [0.717, 1.165) is 17.8 Å². The van der Waals surface area contributed by atoms with Gasteiger partial charge in [0.1, 0.15) is 5.69 Å². The standard InChI is InChI=1S/C9H9N5O4S.FH/c10-5-3-8(19-9-11-1-2-12-9)7(14(17)18)4-6(5)13(15)16;/h3-4H,1-2,10H2,(H,11,12);1H. The number of nitro benzene ring substituents is 2. The summed E-state index contributed by atoms with van der Waals surface area (Å²) in [6.45, 7) is 1.26. The fourth-order valence-electron chi connectivity index (χ4n) is 1.50. The van der Waals surface area contributed by atoms with Gasteiger partial charge in [0.2, 0.25) is 0 Å². The Morgan fingerprint density at radius 1 is 1.25 bits per heavy atom. The Labute approximate surface area is 115 Å². The number of nitro groups is 2. The van der Waals surface area contributed by atoms with E-state index in [1.807, 2.05) is 0 Å². The molecule has 1 aliphatic rings. The van der Waals surface area contributed by atoms with Crippen LogP contribution in [0.25, 0.3) is 0 Å². The average Bonchev–Trinajstić information content (AvgIpc) is 2.81. The Hall–Kier alpha value is -2.43. The minimum atomic E-state index is -0.748. The highest BCUT2D eigenvalue weighted by molar-refractivity contribution is 8.14. The fourth-order valence-corrected chi connectivity index (χ4v) is 2.47. The zero-order valence-electron chi connectivity index (χ0n) is 9.94. The van der Waals surface area contributed by atoms with Crippen LogP contribution in [0, 0.1) is 20.2 Å². The second-order valence-corrected chi connectivity index (χ2v) is 4.64. The molecule has 0 aliphatic carbocycles. The van der Waals surface area contributed by atoms with E-state index in [2.05, 4.69) is 10.3 Å². The fraction of sp³-hybridized carbons (Fsp3) is 0.222. The minimum absolute atomic E-state index is 0. The summed E-state index contributed by atoms with van der Waals surface area (Å²) in [5.41, 5.74) is 4.58. The average molecular weight is 303 g/mol. The number of thioether (sulfide) groups is 1. The monoisotopic (exact) mass is 303 g/mol. The van der Waals surface area contributed by atoms with Crippen LogP contribution in [0.4, 0.5) is 21.8 Å². The second kappa shape index (κ2) is 6.14. The highest BCUT2D eigenvalue weighted by Crippen LogP contribution is 2.37. The van der Waals surface area contributed by atoms with E-state index in [0.29, 0.717) is 18.3 Å². The third-order valence-electron chi connectivity index (χ3n) is 2.35. The number of hydrogen-bond acceptors (Lipinski definition) is 8. The van der Waals surface area contributed by atoms with Gasteiger partial charge in [0.25, 0.3) is 11.4 Å². The number of aliphatic imine (C=N–C) groups is 1. The number of rotatable bonds is 3. The molecule has 0 spiro atoms. The molecule has 0 atom stereocenters. The molecule has 0 fully saturated rings. The topological polar surface area (TPSA) is 137 Å². The lowest BCUT2D eigenvalue weighted by Crippen LogP contribution is -2.15. The van der Waals surface area contributed by atoms with Crippen molar-refractivity contribution in [1.82, 2.24) is 5.32 Å². The first-order valence-corrected chi connectivity index (χ1v) is 5.99. The molecule has 0 unspecified atom stereocenters. The molecule has 2 rings (SSSR count). The third kappa shape index (κ3) is 3.12. The molecule has 11 heteroatoms. The Morgan fingerprint density at radius 3 is 2.40 bits per heavy atom. The predicted octanol–water partition coefficient (Wildman–Crippen LogP) is 1.29. The van der Waals surface area contributed by atoms with Crippen molar-refractivity contribution in [2.24, 2.45) is 4.99 Å². The Bertz CT molecular complexity index is 594. The van der Waals surface area contributed by atoms with Gasteiger partial charge in [-0.1, -0.05) is 0 Å². The van der Waals surface area contributed by atoms with Crippen molar-refractivity contribution in [3.8, 4) is 0 Å². The molecular weight excluding hydrogens is 293 g/mol. The van der Waals surface area contributed by atoms with E-state index >= 15 is 0 Å². The van der Waals surface area contributed by atoms with Gasteiger partial charge in [-0.3, -0.25) is 29.9 Å². The first kappa shape index (κ1) is 15.6. The maximum Gasteiger partial charge on any atom is 0.299 e. The molecule has 9 nitrogen and oxygen atoms in total. The van der Waals surface area contributed by atoms with Crippen LogP contribution in [0.15, 0.2) is 22.0 Å². The molecular formula is C9H10FN5O4S. The zero-order chi connectivity index (χ0) is 14.0. The van der Waals surface area contributed by atoms with Crippen molar-refractivity contribution in [2.45, 2.75) is 4.90 Å². The van der Waals surface area contributed by atoms with Crippen LogP contribution >= 0.6 is 11.8 Å². The van der Waals surface area contributed by atoms with E-state index in [4.69, 9.17) is 5.73 Å². The van der Waals surface area contributed by atoms with E-state index < -0.39 is 15.5 Å². The molecule has 1 heterocycles. The van der Waals surface area contributed by atoms with Crippen molar-refractivity contribution >= 4 is 34.0 Å². The number of anilines is 1. The molecule has 0 radical (unpaired) electrons. The van der Waals surface area contributed by atoms with Gasteiger partial charge in [-0.25, -0.2) is 0 Å². The summed E-state index contributed by atoms with van der Waals surface area (Å²) in [6.07, 6.45) is 0. The first-order chi connectivity index (χ1) is 8.99. The number of benzene rings is 1. The Kier molecular flexibility index (Phi) is 4.80. The lowest BCUT2D eigenvalue weighted by atomic mass is 10.2. The molecule has 108 valence electrons. The van der Waals surface area contributed by atoms with E-state index in [-0.39, 0.29) is 21.0 Å². The number of nitrogens with one attached hydrogen (secondary N) is 1. The van der Waals surface area contributed by atoms with Gasteiger partial charge in [-0.05, 0) is 17.8 Å². The lowest BCUT2D eigenvalue weighted by Gasteiger charge is -2.05. The number of halogens is 1. The van der Waals surface area contributed by atoms with Gasteiger partial charge in [-0.2, -0.15) is 0 Å². The molecule has 20 heavy (non-hydrogen) atoms. The van der Waals surface area contributed by atoms with Gasteiger partial charge >= 0.3 is 0 Å². The summed E-state index contributed by atoms with van der Waals surface area (Å²) in [7, 11) is 0. The van der Waals surface area contributed by atoms with Gasteiger partial charge in [0.15, 0.2) is 5.17 Å². The van der Waals surface area contributed by atoms with Crippen LogP contribution in [-0.2, 0) is 0 Å². The molecule has 0 aromatic heterocycles. The number of hydrogen-bond donors (Lipinski definition) is 2. The molecule has 0 bridgehead atoms. The summed E-state index contributed by atoms with van der Waals surface area (Å²) in [5.74, 6) is 0. The van der Waals surface area contributed by atoms with Crippen molar-refractivity contribution in [3.05, 3.63) is 32.4 Å². The molecule has 3 N–H and O–H groups in total. The second-order valence-electron chi connectivity index (χ2n) is 3.61. The summed E-state index contributed by atoms with van der Waals surface area (Å²) in [6, 6.07) is 2.09. The van der Waals surface area contributed by atoms with Gasteiger partial charge < -0.3 is 11.1 Å². The van der Waals surface area contributed by atoms with Crippen LogP contribution in [0.1, 0.15) is 0 Å². The molecule has 1 aliphatic heterocycles. The van der Waals surface area contributed by atoms with Gasteiger partial charge in [0.05, 0.1) is 27.4 Å². The van der Waals surface area contributed by atoms with Crippen molar-refractivity contribution < 1.29 is 14.6 Å².